The molecule has 168 valence electrons. The predicted molar refractivity (Wildman–Crippen MR) is 129 cm³/mol. The lowest BCUT2D eigenvalue weighted by Crippen LogP contribution is -2.36. The lowest BCUT2D eigenvalue weighted by Gasteiger charge is -2.29. The Balaban J connectivity index is 0.000000153. The van der Waals surface area contributed by atoms with E-state index in [1.54, 1.807) is 0 Å². The molecule has 1 aromatic carbocycles. The molecule has 0 saturated carbocycles. The van der Waals surface area contributed by atoms with Gasteiger partial charge in [0.2, 0.25) is 0 Å². The van der Waals surface area contributed by atoms with Crippen LogP contribution in [0.25, 0.3) is 6.08 Å². The van der Waals surface area contributed by atoms with E-state index in [2.05, 4.69) is 88.7 Å². The largest absolute Gasteiger partial charge is 0.481 e. The van der Waals surface area contributed by atoms with Crippen LogP contribution >= 0.6 is 11.8 Å². The van der Waals surface area contributed by atoms with Crippen molar-refractivity contribution in [2.24, 2.45) is 0 Å². The first-order valence-electron chi connectivity index (χ1n) is 11.1. The van der Waals surface area contributed by atoms with E-state index in [0.29, 0.717) is 11.3 Å². The summed E-state index contributed by atoms with van der Waals surface area (Å²) in [4.78, 5) is 23.7. The highest BCUT2D eigenvalue weighted by atomic mass is 32.2. The molecule has 2 fully saturated rings. The normalized spacial score (nSPS) is 28.6. The monoisotopic (exact) mass is 451 g/mol. The number of allylic oxidation sites excluding steroid dienone is 4. The fourth-order valence-corrected chi connectivity index (χ4v) is 5.97. The van der Waals surface area contributed by atoms with Crippen LogP contribution in [0.4, 0.5) is 4.79 Å². The molecule has 4 aliphatic rings. The predicted octanol–water partition coefficient (Wildman–Crippen LogP) is 4.45. The van der Waals surface area contributed by atoms with E-state index in [4.69, 9.17) is 5.11 Å². The van der Waals surface area contributed by atoms with E-state index < -0.39 is 5.97 Å². The van der Waals surface area contributed by atoms with Crippen LogP contribution < -0.4 is 10.6 Å². The number of carbonyl (C=O) groups excluding carboxylic acids is 1. The molecule has 4 aliphatic heterocycles. The van der Waals surface area contributed by atoms with Crippen molar-refractivity contribution >= 4 is 29.8 Å². The Labute approximate surface area is 193 Å². The number of unbranched alkanes of at least 4 members (excludes halogenated alkanes) is 1. The van der Waals surface area contributed by atoms with E-state index in [1.165, 1.54) is 11.1 Å². The Morgan fingerprint density at radius 1 is 1.09 bits per heavy atom. The molecule has 32 heavy (non-hydrogen) atoms. The summed E-state index contributed by atoms with van der Waals surface area (Å²) >= 11 is 1.87. The molecule has 4 heterocycles. The highest BCUT2D eigenvalue weighted by Gasteiger charge is 2.42. The average Bonchev–Trinajstić information content (AvgIpc) is 3.33. The molecule has 0 bridgehead atoms. The molecule has 0 aliphatic carbocycles. The minimum Gasteiger partial charge on any atom is -0.481 e. The molecule has 6 nitrogen and oxygen atoms in total. The quantitative estimate of drug-likeness (QED) is 0.455. The average molecular weight is 452 g/mol. The van der Waals surface area contributed by atoms with Crippen LogP contribution in [0.3, 0.4) is 0 Å². The zero-order chi connectivity index (χ0) is 22.3. The van der Waals surface area contributed by atoms with Crippen molar-refractivity contribution in [1.29, 1.82) is 0 Å². The first-order chi connectivity index (χ1) is 15.6. The van der Waals surface area contributed by atoms with Crippen molar-refractivity contribution in [2.45, 2.75) is 49.1 Å². The number of carbonyl (C=O) groups is 2. The molecular weight excluding hydrogens is 422 g/mol. The van der Waals surface area contributed by atoms with Crippen LogP contribution in [0, 0.1) is 0 Å². The van der Waals surface area contributed by atoms with Gasteiger partial charge in [0.25, 0.3) is 0 Å². The number of urea groups is 1. The van der Waals surface area contributed by atoms with Crippen molar-refractivity contribution in [1.82, 2.24) is 15.5 Å². The third-order valence-electron chi connectivity index (χ3n) is 6.01. The Kier molecular flexibility index (Phi) is 7.37. The van der Waals surface area contributed by atoms with Gasteiger partial charge in [-0.05, 0) is 36.1 Å². The molecule has 2 saturated heterocycles. The fraction of sp³-hybridized carbons (Fsp3) is 0.360. The van der Waals surface area contributed by atoms with Crippen LogP contribution in [0.1, 0.15) is 42.9 Å². The first-order valence-corrected chi connectivity index (χ1v) is 12.1. The summed E-state index contributed by atoms with van der Waals surface area (Å²) in [7, 11) is 0. The summed E-state index contributed by atoms with van der Waals surface area (Å²) in [5.41, 5.74) is 2.64. The van der Waals surface area contributed by atoms with Crippen LogP contribution in [-0.4, -0.2) is 45.1 Å². The van der Waals surface area contributed by atoms with Crippen molar-refractivity contribution in [3.63, 3.8) is 0 Å². The molecule has 0 radical (unpaired) electrons. The van der Waals surface area contributed by atoms with Gasteiger partial charge in [-0.2, -0.15) is 11.8 Å². The number of nitrogens with zero attached hydrogens (tertiary/aromatic N) is 1. The second-order valence-electron chi connectivity index (χ2n) is 8.21. The number of amides is 2. The first kappa shape index (κ1) is 22.3. The molecule has 1 aromatic rings. The Morgan fingerprint density at radius 2 is 1.91 bits per heavy atom. The molecule has 1 unspecified atom stereocenters. The van der Waals surface area contributed by atoms with Gasteiger partial charge in [0.1, 0.15) is 0 Å². The second-order valence-corrected chi connectivity index (χ2v) is 9.48. The maximum Gasteiger partial charge on any atom is 0.315 e. The van der Waals surface area contributed by atoms with Crippen molar-refractivity contribution in [2.75, 3.05) is 5.75 Å². The summed E-state index contributed by atoms with van der Waals surface area (Å²) in [6, 6.07) is 9.30. The minimum absolute atomic E-state index is 0.0640. The van der Waals surface area contributed by atoms with E-state index in [0.717, 1.165) is 25.0 Å². The lowest BCUT2D eigenvalue weighted by atomic mass is 9.96. The lowest BCUT2D eigenvalue weighted by molar-refractivity contribution is -0.137. The van der Waals surface area contributed by atoms with Gasteiger partial charge in [-0.3, -0.25) is 4.79 Å². The Bertz CT molecular complexity index is 956. The number of aliphatic carboxylic acids is 1. The molecule has 4 atom stereocenters. The molecular formula is C25H29N3O3S. The minimum atomic E-state index is -0.729. The number of carboxylic acid groups (broad SMARTS) is 1. The summed E-state index contributed by atoms with van der Waals surface area (Å²) in [5, 5.41) is 14.8. The van der Waals surface area contributed by atoms with E-state index >= 15 is 0 Å². The summed E-state index contributed by atoms with van der Waals surface area (Å²) in [5.74, 6) is 0.236. The second kappa shape index (κ2) is 10.6. The Hall–Kier alpha value is -2.93. The Morgan fingerprint density at radius 3 is 2.75 bits per heavy atom. The number of thioether (sulfide) groups is 1. The molecule has 0 aromatic heterocycles. The summed E-state index contributed by atoms with van der Waals surface area (Å²) in [6.07, 6.45) is 19.8. The maximum absolute atomic E-state index is 11.1. The zero-order valence-electron chi connectivity index (χ0n) is 17.9. The molecule has 3 N–H and O–H groups in total. The highest BCUT2D eigenvalue weighted by Crippen LogP contribution is 2.33. The van der Waals surface area contributed by atoms with Crippen LogP contribution in [-0.2, 0) is 4.79 Å². The van der Waals surface area contributed by atoms with Gasteiger partial charge in [0.05, 0.1) is 18.1 Å². The van der Waals surface area contributed by atoms with Crippen LogP contribution in [0.5, 0.6) is 0 Å². The SMILES string of the molecule is C1=CC2c3ccccc3/C=C\C=C/N2C=C1.O=C(O)CCCC[C@@H]1SC[C@@H]2NC(=O)N[C@@H]21. The van der Waals surface area contributed by atoms with Gasteiger partial charge in [-0.1, -0.05) is 55.0 Å². The maximum atomic E-state index is 11.1. The molecule has 2 amide bonds. The van der Waals surface area contributed by atoms with Crippen LogP contribution in [0.15, 0.2) is 67.0 Å². The van der Waals surface area contributed by atoms with E-state index in [1.807, 2.05) is 11.8 Å². The van der Waals surface area contributed by atoms with Crippen molar-refractivity contribution in [3.05, 3.63) is 78.2 Å². The zero-order valence-corrected chi connectivity index (χ0v) is 18.7. The number of benzene rings is 1. The number of hydrogen-bond acceptors (Lipinski definition) is 4. The third kappa shape index (κ3) is 5.46. The number of carboxylic acids is 1. The molecule has 5 rings (SSSR count). The molecule has 0 spiro atoms. The van der Waals surface area contributed by atoms with Gasteiger partial charge in [-0.15, -0.1) is 0 Å². The van der Waals surface area contributed by atoms with E-state index in [9.17, 15) is 9.59 Å². The van der Waals surface area contributed by atoms with Gasteiger partial charge < -0.3 is 20.6 Å². The van der Waals surface area contributed by atoms with E-state index in [-0.39, 0.29) is 24.5 Å². The van der Waals surface area contributed by atoms with Crippen LogP contribution in [0.2, 0.25) is 0 Å². The van der Waals surface area contributed by atoms with Crippen molar-refractivity contribution < 1.29 is 14.7 Å². The van der Waals surface area contributed by atoms with Crippen molar-refractivity contribution in [3.8, 4) is 0 Å². The summed E-state index contributed by atoms with van der Waals surface area (Å²) in [6.45, 7) is 0. The standard InChI is InChI=1S/C15H13N.C10H16N2O3S/c1-2-9-14-13(7-1)8-3-5-11-16-12-6-4-10-15(14)16;13-8(14)4-2-1-3-7-9-6(5-16-7)11-10(15)12-9/h1-12,15H;6-7,9H,1-5H2,(H,13,14)(H2,11,12,15)/b8-3-,11-5-;/t;6-,7-,9-/m.0/s1. The number of hydrogen-bond donors (Lipinski definition) is 3. The number of nitrogens with one attached hydrogen (secondary N) is 2. The van der Waals surface area contributed by atoms with Gasteiger partial charge in [-0.25, -0.2) is 4.79 Å². The van der Waals surface area contributed by atoms with Gasteiger partial charge >= 0.3 is 12.0 Å². The smallest absolute Gasteiger partial charge is 0.315 e. The van der Waals surface area contributed by atoms with Gasteiger partial charge in [0.15, 0.2) is 0 Å². The number of rotatable bonds is 5. The number of fused-ring (bicyclic) bond motifs is 4. The highest BCUT2D eigenvalue weighted by molar-refractivity contribution is 8.00. The topological polar surface area (TPSA) is 81.7 Å². The third-order valence-corrected chi connectivity index (χ3v) is 7.52. The fourth-order valence-electron chi connectivity index (χ4n) is 4.42. The summed E-state index contributed by atoms with van der Waals surface area (Å²) < 4.78 is 0. The molecule has 7 heteroatoms. The van der Waals surface area contributed by atoms with Gasteiger partial charge in [0, 0.05) is 29.8 Å².